The van der Waals surface area contributed by atoms with Crippen LogP contribution < -0.4 is 0 Å². The Kier molecular flexibility index (Phi) is 3.71. The molecule has 0 unspecified atom stereocenters. The van der Waals surface area contributed by atoms with Crippen LogP contribution in [0.3, 0.4) is 0 Å². The molecule has 0 saturated carbocycles. The predicted octanol–water partition coefficient (Wildman–Crippen LogP) is 4.36. The second-order valence-corrected chi connectivity index (χ2v) is 6.31. The van der Waals surface area contributed by atoms with Crippen molar-refractivity contribution in [3.05, 3.63) is 65.9 Å². The van der Waals surface area contributed by atoms with Gasteiger partial charge in [-0.25, -0.2) is 9.37 Å². The van der Waals surface area contributed by atoms with Crippen molar-refractivity contribution in [3.8, 4) is 11.3 Å². The molecule has 5 heteroatoms. The third-order valence-electron chi connectivity index (χ3n) is 3.78. The minimum atomic E-state index is -0.233. The van der Waals surface area contributed by atoms with Crippen LogP contribution in [0.4, 0.5) is 4.39 Å². The standard InChI is InChI=1S/C18H14FN3S/c19-15-4-2-14(3-5-15)17-16(22-11-12-23-18(22)21-17)6-1-13-7-9-20-10-8-13/h1-10H,11-12H2. The number of pyridine rings is 1. The Bertz CT molecular complexity index is 854. The zero-order valence-electron chi connectivity index (χ0n) is 12.3. The fraction of sp³-hybridized carbons (Fsp3) is 0.111. The quantitative estimate of drug-likeness (QED) is 0.717. The van der Waals surface area contributed by atoms with E-state index in [9.17, 15) is 4.39 Å². The molecule has 1 aromatic carbocycles. The van der Waals surface area contributed by atoms with Crippen LogP contribution in [-0.4, -0.2) is 20.3 Å². The maximum absolute atomic E-state index is 13.2. The molecule has 0 aliphatic carbocycles. The zero-order valence-corrected chi connectivity index (χ0v) is 13.1. The largest absolute Gasteiger partial charge is 0.318 e. The van der Waals surface area contributed by atoms with Gasteiger partial charge in [-0.15, -0.1) is 0 Å². The van der Waals surface area contributed by atoms with E-state index in [1.807, 2.05) is 12.1 Å². The molecule has 0 radical (unpaired) electrons. The van der Waals surface area contributed by atoms with E-state index in [0.29, 0.717) is 0 Å². The van der Waals surface area contributed by atoms with Crippen molar-refractivity contribution in [1.29, 1.82) is 0 Å². The van der Waals surface area contributed by atoms with Gasteiger partial charge in [0.25, 0.3) is 0 Å². The van der Waals surface area contributed by atoms with E-state index in [1.54, 1.807) is 36.3 Å². The molecular weight excluding hydrogens is 309 g/mol. The maximum Gasteiger partial charge on any atom is 0.169 e. The van der Waals surface area contributed by atoms with E-state index >= 15 is 0 Å². The van der Waals surface area contributed by atoms with Gasteiger partial charge in [-0.2, -0.15) is 0 Å². The topological polar surface area (TPSA) is 30.7 Å². The van der Waals surface area contributed by atoms with E-state index in [0.717, 1.165) is 40.0 Å². The van der Waals surface area contributed by atoms with E-state index in [4.69, 9.17) is 4.98 Å². The summed E-state index contributed by atoms with van der Waals surface area (Å²) in [7, 11) is 0. The number of hydrogen-bond donors (Lipinski definition) is 0. The summed E-state index contributed by atoms with van der Waals surface area (Å²) in [6.45, 7) is 0.949. The molecule has 1 aliphatic heterocycles. The Labute approximate surface area is 137 Å². The third kappa shape index (κ3) is 2.80. The van der Waals surface area contributed by atoms with Gasteiger partial charge >= 0.3 is 0 Å². The van der Waals surface area contributed by atoms with Crippen molar-refractivity contribution in [2.24, 2.45) is 0 Å². The Hall–Kier alpha value is -2.40. The van der Waals surface area contributed by atoms with E-state index < -0.39 is 0 Å². The van der Waals surface area contributed by atoms with Gasteiger partial charge < -0.3 is 4.57 Å². The van der Waals surface area contributed by atoms with Crippen molar-refractivity contribution < 1.29 is 4.39 Å². The number of halogens is 1. The molecule has 0 spiro atoms. The lowest BCUT2D eigenvalue weighted by molar-refractivity contribution is 0.628. The summed E-state index contributed by atoms with van der Waals surface area (Å²) in [4.78, 5) is 8.77. The van der Waals surface area contributed by atoms with Gasteiger partial charge in [0, 0.05) is 30.3 Å². The highest BCUT2D eigenvalue weighted by Crippen LogP contribution is 2.34. The average Bonchev–Trinajstić information content (AvgIpc) is 3.16. The van der Waals surface area contributed by atoms with Gasteiger partial charge in [-0.05, 0) is 48.0 Å². The lowest BCUT2D eigenvalue weighted by Gasteiger charge is -2.04. The Morgan fingerprint density at radius 1 is 1.04 bits per heavy atom. The molecule has 0 amide bonds. The van der Waals surface area contributed by atoms with Crippen molar-refractivity contribution >= 4 is 23.9 Å². The van der Waals surface area contributed by atoms with Crippen LogP contribution in [0.2, 0.25) is 0 Å². The second-order valence-electron chi connectivity index (χ2n) is 5.25. The number of aromatic nitrogens is 3. The zero-order chi connectivity index (χ0) is 15.6. The summed E-state index contributed by atoms with van der Waals surface area (Å²) < 4.78 is 15.4. The highest BCUT2D eigenvalue weighted by Gasteiger charge is 2.21. The normalized spacial score (nSPS) is 13.6. The summed E-state index contributed by atoms with van der Waals surface area (Å²) in [5.74, 6) is 0.811. The third-order valence-corrected chi connectivity index (χ3v) is 4.73. The number of rotatable bonds is 3. The summed E-state index contributed by atoms with van der Waals surface area (Å²) in [6, 6.07) is 10.4. The number of nitrogens with zero attached hydrogens (tertiary/aromatic N) is 3. The second kappa shape index (κ2) is 6.01. The van der Waals surface area contributed by atoms with Gasteiger partial charge in [0.1, 0.15) is 5.82 Å². The first kappa shape index (κ1) is 14.2. The van der Waals surface area contributed by atoms with Gasteiger partial charge in [0.15, 0.2) is 5.16 Å². The molecule has 1 aliphatic rings. The van der Waals surface area contributed by atoms with Crippen LogP contribution in [0.1, 0.15) is 11.3 Å². The maximum atomic E-state index is 13.2. The Morgan fingerprint density at radius 3 is 2.61 bits per heavy atom. The molecule has 114 valence electrons. The number of thioether (sulfide) groups is 1. The first-order valence-corrected chi connectivity index (χ1v) is 8.37. The smallest absolute Gasteiger partial charge is 0.169 e. The van der Waals surface area contributed by atoms with Crippen LogP contribution in [-0.2, 0) is 6.54 Å². The monoisotopic (exact) mass is 323 g/mol. The van der Waals surface area contributed by atoms with E-state index in [1.165, 1.54) is 12.1 Å². The predicted molar refractivity (Wildman–Crippen MR) is 91.5 cm³/mol. The average molecular weight is 323 g/mol. The van der Waals surface area contributed by atoms with Crippen LogP contribution in [0.5, 0.6) is 0 Å². The van der Waals surface area contributed by atoms with Gasteiger partial charge in [-0.1, -0.05) is 17.8 Å². The van der Waals surface area contributed by atoms with Crippen molar-refractivity contribution in [2.75, 3.05) is 5.75 Å². The fourth-order valence-electron chi connectivity index (χ4n) is 2.64. The summed E-state index contributed by atoms with van der Waals surface area (Å²) >= 11 is 1.76. The molecule has 3 heterocycles. The minimum absolute atomic E-state index is 0.233. The van der Waals surface area contributed by atoms with Gasteiger partial charge in [-0.3, -0.25) is 4.98 Å². The first-order valence-electron chi connectivity index (χ1n) is 7.38. The van der Waals surface area contributed by atoms with Gasteiger partial charge in [0.05, 0.1) is 11.4 Å². The summed E-state index contributed by atoms with van der Waals surface area (Å²) in [6.07, 6.45) is 7.69. The van der Waals surface area contributed by atoms with Crippen LogP contribution in [0.15, 0.2) is 53.9 Å². The Morgan fingerprint density at radius 2 is 1.83 bits per heavy atom. The fourth-order valence-corrected chi connectivity index (χ4v) is 3.60. The first-order chi connectivity index (χ1) is 11.3. The molecule has 4 rings (SSSR count). The molecule has 0 saturated heterocycles. The highest BCUT2D eigenvalue weighted by atomic mass is 32.2. The number of hydrogen-bond acceptors (Lipinski definition) is 3. The van der Waals surface area contributed by atoms with Crippen molar-refractivity contribution in [2.45, 2.75) is 11.7 Å². The lowest BCUT2D eigenvalue weighted by Crippen LogP contribution is -1.96. The summed E-state index contributed by atoms with van der Waals surface area (Å²) in [5, 5.41) is 1.03. The van der Waals surface area contributed by atoms with Crippen molar-refractivity contribution in [3.63, 3.8) is 0 Å². The number of benzene rings is 1. The molecule has 3 nitrogen and oxygen atoms in total. The van der Waals surface area contributed by atoms with Gasteiger partial charge in [0.2, 0.25) is 0 Å². The molecule has 0 bridgehead atoms. The van der Waals surface area contributed by atoms with Crippen LogP contribution in [0.25, 0.3) is 23.4 Å². The molecule has 2 aromatic heterocycles. The van der Waals surface area contributed by atoms with Crippen LogP contribution in [0, 0.1) is 5.82 Å². The molecule has 23 heavy (non-hydrogen) atoms. The molecule has 3 aromatic rings. The Balaban J connectivity index is 1.78. The summed E-state index contributed by atoms with van der Waals surface area (Å²) in [5.41, 5.74) is 3.99. The lowest BCUT2D eigenvalue weighted by atomic mass is 10.1. The molecular formula is C18H14FN3S. The van der Waals surface area contributed by atoms with Crippen molar-refractivity contribution in [1.82, 2.24) is 14.5 Å². The number of fused-ring (bicyclic) bond motifs is 1. The van der Waals surface area contributed by atoms with E-state index in [-0.39, 0.29) is 5.82 Å². The molecule has 0 fully saturated rings. The molecule has 0 N–H and O–H groups in total. The van der Waals surface area contributed by atoms with Crippen LogP contribution >= 0.6 is 11.8 Å². The SMILES string of the molecule is Fc1ccc(-c2nc3n(c2C=Cc2ccncc2)CCS3)cc1. The minimum Gasteiger partial charge on any atom is -0.318 e. The molecule has 0 atom stereocenters. The highest BCUT2D eigenvalue weighted by molar-refractivity contribution is 7.99. The van der Waals surface area contributed by atoms with E-state index in [2.05, 4.69) is 21.7 Å². The number of imidazole rings is 1.